The van der Waals surface area contributed by atoms with Crippen molar-refractivity contribution in [2.45, 2.75) is 31.8 Å². The van der Waals surface area contributed by atoms with Crippen LogP contribution >= 0.6 is 11.6 Å². The number of nitrogens with one attached hydrogen (secondary N) is 1. The lowest BCUT2D eigenvalue weighted by molar-refractivity contribution is -0.120. The van der Waals surface area contributed by atoms with E-state index in [4.69, 9.17) is 26.2 Å². The number of rotatable bonds is 9. The van der Waals surface area contributed by atoms with E-state index in [1.54, 1.807) is 6.07 Å². The van der Waals surface area contributed by atoms with Crippen LogP contribution in [0.2, 0.25) is 5.02 Å². The zero-order valence-electron chi connectivity index (χ0n) is 16.3. The maximum absolute atomic E-state index is 13.7. The number of ether oxygens (including phenoxy) is 2. The molecule has 0 spiro atoms. The summed E-state index contributed by atoms with van der Waals surface area (Å²) in [5.41, 5.74) is 2.29. The summed E-state index contributed by atoms with van der Waals surface area (Å²) in [7, 11) is 0. The van der Waals surface area contributed by atoms with E-state index in [2.05, 4.69) is 5.32 Å². The fourth-order valence-corrected chi connectivity index (χ4v) is 3.66. The molecule has 1 unspecified atom stereocenters. The predicted octanol–water partition coefficient (Wildman–Crippen LogP) is 3.08. The summed E-state index contributed by atoms with van der Waals surface area (Å²) in [6, 6.07) is 10.6. The first kappa shape index (κ1) is 21.6. The highest BCUT2D eigenvalue weighted by Crippen LogP contribution is 2.37. The number of hydrogen-bond donors (Lipinski definition) is 2. The molecule has 1 amide bonds. The first-order valence-corrected chi connectivity index (χ1v) is 9.96. The number of halogens is 2. The molecule has 0 radical (unpaired) electrons. The molecule has 2 aromatic rings. The number of aliphatic hydroxyl groups excluding tert-OH is 1. The van der Waals surface area contributed by atoms with Crippen molar-refractivity contribution in [3.8, 4) is 5.75 Å². The van der Waals surface area contributed by atoms with E-state index in [1.165, 1.54) is 6.07 Å². The highest BCUT2D eigenvalue weighted by Gasteiger charge is 2.35. The third-order valence-corrected chi connectivity index (χ3v) is 5.08. The molecule has 0 saturated heterocycles. The lowest BCUT2D eigenvalue weighted by Gasteiger charge is -2.24. The Bertz CT molecular complexity index is 876. The summed E-state index contributed by atoms with van der Waals surface area (Å²) in [5, 5.41) is 11.5. The lowest BCUT2D eigenvalue weighted by atomic mass is 9.91. The number of amides is 1. The highest BCUT2D eigenvalue weighted by molar-refractivity contribution is 6.30. The monoisotopic (exact) mass is 421 g/mol. The van der Waals surface area contributed by atoms with Crippen LogP contribution in [0, 0.1) is 5.82 Å². The molecule has 2 aromatic carbocycles. The van der Waals surface area contributed by atoms with Gasteiger partial charge in [0.05, 0.1) is 31.3 Å². The lowest BCUT2D eigenvalue weighted by Crippen LogP contribution is -2.32. The molecule has 7 heteroatoms. The van der Waals surface area contributed by atoms with Gasteiger partial charge in [-0.2, -0.15) is 0 Å². The van der Waals surface area contributed by atoms with Gasteiger partial charge in [-0.25, -0.2) is 4.39 Å². The van der Waals surface area contributed by atoms with Crippen LogP contribution in [0.1, 0.15) is 23.6 Å². The number of aliphatic hydroxyl groups is 1. The highest BCUT2D eigenvalue weighted by atomic mass is 35.5. The minimum absolute atomic E-state index is 0.0307. The Balaban J connectivity index is 1.56. The van der Waals surface area contributed by atoms with Crippen molar-refractivity contribution in [3.63, 3.8) is 0 Å². The summed E-state index contributed by atoms with van der Waals surface area (Å²) in [6.07, 6.45) is 1.50. The smallest absolute Gasteiger partial charge is 0.224 e. The van der Waals surface area contributed by atoms with Crippen molar-refractivity contribution in [2.24, 2.45) is 0 Å². The summed E-state index contributed by atoms with van der Waals surface area (Å²) in [4.78, 5) is 12.1. The van der Waals surface area contributed by atoms with Gasteiger partial charge in [0.2, 0.25) is 5.91 Å². The van der Waals surface area contributed by atoms with Crippen molar-refractivity contribution in [3.05, 3.63) is 63.9 Å². The van der Waals surface area contributed by atoms with Crippen LogP contribution < -0.4 is 10.1 Å². The van der Waals surface area contributed by atoms with Gasteiger partial charge in [0.15, 0.2) is 0 Å². The topological polar surface area (TPSA) is 67.8 Å². The molecular weight excluding hydrogens is 397 g/mol. The SMILES string of the molecule is CC1(Cc2ccc(Cl)c(F)c2)Cc2cc(CC(=O)NCCOCCO)ccc2O1. The van der Waals surface area contributed by atoms with Gasteiger partial charge in [0, 0.05) is 19.4 Å². The largest absolute Gasteiger partial charge is 0.487 e. The quantitative estimate of drug-likeness (QED) is 0.610. The second-order valence-electron chi connectivity index (χ2n) is 7.46. The van der Waals surface area contributed by atoms with E-state index in [0.717, 1.165) is 22.4 Å². The molecule has 1 heterocycles. The molecule has 0 aliphatic carbocycles. The number of carbonyl (C=O) groups is 1. The summed E-state index contributed by atoms with van der Waals surface area (Å²) in [6.45, 7) is 3.01. The first-order chi connectivity index (χ1) is 13.9. The Kier molecular flexibility index (Phi) is 7.11. The average Bonchev–Trinajstić information content (AvgIpc) is 2.99. The minimum atomic E-state index is -0.479. The van der Waals surface area contributed by atoms with Crippen molar-refractivity contribution >= 4 is 17.5 Å². The standard InChI is InChI=1S/C22H25ClFNO4/c1-22(13-16-2-4-18(23)19(24)11-16)14-17-10-15(3-5-20(17)29-22)12-21(27)25-6-8-28-9-7-26/h2-5,10-11,26H,6-9,12-14H2,1H3,(H,25,27). The van der Waals surface area contributed by atoms with E-state index >= 15 is 0 Å². The molecule has 29 heavy (non-hydrogen) atoms. The first-order valence-electron chi connectivity index (χ1n) is 9.58. The van der Waals surface area contributed by atoms with Crippen LogP contribution in [0.15, 0.2) is 36.4 Å². The maximum atomic E-state index is 13.7. The van der Waals surface area contributed by atoms with Gasteiger partial charge in [-0.05, 0) is 41.8 Å². The Hall–Kier alpha value is -2.15. The van der Waals surface area contributed by atoms with Crippen LogP contribution in [-0.4, -0.2) is 43.0 Å². The molecule has 0 saturated carbocycles. The van der Waals surface area contributed by atoms with Gasteiger partial charge in [-0.1, -0.05) is 29.8 Å². The number of benzene rings is 2. The third kappa shape index (κ3) is 5.92. The van der Waals surface area contributed by atoms with Gasteiger partial charge in [-0.15, -0.1) is 0 Å². The molecule has 1 aliphatic rings. The fraction of sp³-hybridized carbons (Fsp3) is 0.409. The molecule has 1 aliphatic heterocycles. The Morgan fingerprint density at radius 1 is 1.28 bits per heavy atom. The van der Waals surface area contributed by atoms with E-state index in [0.29, 0.717) is 26.0 Å². The normalized spacial score (nSPS) is 17.7. The van der Waals surface area contributed by atoms with Crippen LogP contribution in [0.5, 0.6) is 5.75 Å². The minimum Gasteiger partial charge on any atom is -0.487 e. The zero-order chi connectivity index (χ0) is 20.9. The average molecular weight is 422 g/mol. The summed E-state index contributed by atoms with van der Waals surface area (Å²) >= 11 is 5.76. The van der Waals surface area contributed by atoms with Crippen molar-refractivity contribution in [2.75, 3.05) is 26.4 Å². The second-order valence-corrected chi connectivity index (χ2v) is 7.87. The molecule has 5 nitrogen and oxygen atoms in total. The van der Waals surface area contributed by atoms with Gasteiger partial charge in [0.1, 0.15) is 17.2 Å². The van der Waals surface area contributed by atoms with Crippen LogP contribution in [-0.2, 0) is 28.8 Å². The van der Waals surface area contributed by atoms with E-state index in [-0.39, 0.29) is 30.6 Å². The summed E-state index contributed by atoms with van der Waals surface area (Å²) < 4.78 is 25.0. The molecular formula is C22H25ClFNO4. The van der Waals surface area contributed by atoms with Crippen molar-refractivity contribution in [1.29, 1.82) is 0 Å². The molecule has 0 bridgehead atoms. The van der Waals surface area contributed by atoms with Crippen molar-refractivity contribution < 1.29 is 23.8 Å². The zero-order valence-corrected chi connectivity index (χ0v) is 17.1. The molecule has 0 aromatic heterocycles. The number of hydrogen-bond acceptors (Lipinski definition) is 4. The van der Waals surface area contributed by atoms with Gasteiger partial charge >= 0.3 is 0 Å². The Morgan fingerprint density at radius 2 is 2.07 bits per heavy atom. The third-order valence-electron chi connectivity index (χ3n) is 4.78. The molecule has 3 rings (SSSR count). The maximum Gasteiger partial charge on any atom is 0.224 e. The predicted molar refractivity (Wildman–Crippen MR) is 109 cm³/mol. The molecule has 0 fully saturated rings. The van der Waals surface area contributed by atoms with E-state index < -0.39 is 11.4 Å². The van der Waals surface area contributed by atoms with E-state index in [9.17, 15) is 9.18 Å². The van der Waals surface area contributed by atoms with Crippen LogP contribution in [0.4, 0.5) is 4.39 Å². The molecule has 2 N–H and O–H groups in total. The van der Waals surface area contributed by atoms with Gasteiger partial charge < -0.3 is 19.9 Å². The molecule has 156 valence electrons. The van der Waals surface area contributed by atoms with Crippen molar-refractivity contribution in [1.82, 2.24) is 5.32 Å². The fourth-order valence-electron chi connectivity index (χ4n) is 3.54. The molecule has 1 atom stereocenters. The summed E-state index contributed by atoms with van der Waals surface area (Å²) in [5.74, 6) is 0.276. The second kappa shape index (κ2) is 9.57. The van der Waals surface area contributed by atoms with Gasteiger partial charge in [-0.3, -0.25) is 4.79 Å². The Labute approximate surface area is 174 Å². The van der Waals surface area contributed by atoms with Gasteiger partial charge in [0.25, 0.3) is 0 Å². The van der Waals surface area contributed by atoms with Crippen LogP contribution in [0.3, 0.4) is 0 Å². The van der Waals surface area contributed by atoms with E-state index in [1.807, 2.05) is 31.2 Å². The number of carbonyl (C=O) groups excluding carboxylic acids is 1. The van der Waals surface area contributed by atoms with Crippen LogP contribution in [0.25, 0.3) is 0 Å². The Morgan fingerprint density at radius 3 is 2.83 bits per heavy atom. The number of fused-ring (bicyclic) bond motifs is 1.